The number of aryl methyl sites for hydroxylation is 1. The highest BCUT2D eigenvalue weighted by Crippen LogP contribution is 2.00. The summed E-state index contributed by atoms with van der Waals surface area (Å²) in [5.41, 5.74) is 0. The van der Waals surface area contributed by atoms with Gasteiger partial charge in [0.25, 0.3) is 0 Å². The van der Waals surface area contributed by atoms with Crippen LogP contribution in [0.2, 0.25) is 0 Å². The van der Waals surface area contributed by atoms with Crippen molar-refractivity contribution in [2.75, 3.05) is 7.11 Å². The average Bonchev–Trinajstić information content (AvgIpc) is 2.66. The van der Waals surface area contributed by atoms with Gasteiger partial charge in [-0.05, 0) is 19.3 Å². The molecule has 0 saturated heterocycles. The molecule has 0 aliphatic heterocycles. The number of unbranched alkanes of at least 4 members (excludes halogenated alkanes) is 3. The first kappa shape index (κ1) is 11.7. The molecule has 4 nitrogen and oxygen atoms in total. The van der Waals surface area contributed by atoms with Crippen LogP contribution in [-0.4, -0.2) is 11.7 Å². The zero-order valence-corrected chi connectivity index (χ0v) is 9.22. The number of imidazole rings is 1. The van der Waals surface area contributed by atoms with Gasteiger partial charge in [-0.3, -0.25) is 0 Å². The molecule has 0 atom stereocenters. The van der Waals surface area contributed by atoms with Gasteiger partial charge in [0.1, 0.15) is 12.4 Å². The Morgan fingerprint density at radius 2 is 2.27 bits per heavy atom. The molecule has 0 spiro atoms. The Labute approximate surface area is 90.7 Å². The number of rotatable bonds is 7. The summed E-state index contributed by atoms with van der Waals surface area (Å²) in [7, 11) is 1.69. The fourth-order valence-electron chi connectivity index (χ4n) is 1.47. The van der Waals surface area contributed by atoms with Crippen molar-refractivity contribution in [3.05, 3.63) is 18.7 Å². The van der Waals surface area contributed by atoms with E-state index in [0.29, 0.717) is 13.2 Å². The minimum Gasteiger partial charge on any atom is -0.345 e. The topological polar surface area (TPSA) is 41.8 Å². The van der Waals surface area contributed by atoms with Gasteiger partial charge in [-0.2, -0.15) is 5.26 Å². The summed E-state index contributed by atoms with van der Waals surface area (Å²) < 4.78 is 9.15. The second-order valence-corrected chi connectivity index (χ2v) is 3.55. The Morgan fingerprint density at radius 3 is 3.00 bits per heavy atom. The quantitative estimate of drug-likeness (QED) is 0.503. The fraction of sp³-hybridized carbons (Fsp3) is 0.636. The molecule has 0 bridgehead atoms. The van der Waals surface area contributed by atoms with Crippen LogP contribution in [0.1, 0.15) is 25.7 Å². The van der Waals surface area contributed by atoms with Crippen LogP contribution in [0.4, 0.5) is 0 Å². The molecule has 15 heavy (non-hydrogen) atoms. The van der Waals surface area contributed by atoms with E-state index in [1.165, 1.54) is 0 Å². The number of nitriles is 1. The Hall–Kier alpha value is -1.34. The Morgan fingerprint density at radius 1 is 1.40 bits per heavy atom. The molecule has 0 saturated carbocycles. The molecular formula is C11H18N3O+. The standard InChI is InChI=1S/C11H18N3O/c1-15-11-14-9-8-13(10-14)7-5-3-2-4-6-12/h8-10H,2-5,7,11H2,1H3/q+1. The number of nitrogens with zero attached hydrogens (tertiary/aromatic N) is 3. The third kappa shape index (κ3) is 4.61. The lowest BCUT2D eigenvalue weighted by atomic mass is 10.2. The third-order valence-corrected chi connectivity index (χ3v) is 2.23. The molecule has 0 aliphatic rings. The van der Waals surface area contributed by atoms with Gasteiger partial charge >= 0.3 is 0 Å². The predicted molar refractivity (Wildman–Crippen MR) is 55.7 cm³/mol. The molecular weight excluding hydrogens is 190 g/mol. The van der Waals surface area contributed by atoms with E-state index in [9.17, 15) is 0 Å². The van der Waals surface area contributed by atoms with E-state index < -0.39 is 0 Å². The fourth-order valence-corrected chi connectivity index (χ4v) is 1.47. The smallest absolute Gasteiger partial charge is 0.245 e. The minimum atomic E-state index is 0.599. The monoisotopic (exact) mass is 208 g/mol. The molecule has 0 amide bonds. The van der Waals surface area contributed by atoms with Crippen molar-refractivity contribution in [3.8, 4) is 6.07 Å². The van der Waals surface area contributed by atoms with Crippen LogP contribution < -0.4 is 4.57 Å². The van der Waals surface area contributed by atoms with Crippen molar-refractivity contribution < 1.29 is 9.30 Å². The molecule has 0 radical (unpaired) electrons. The zero-order chi connectivity index (χ0) is 10.9. The summed E-state index contributed by atoms with van der Waals surface area (Å²) in [6.07, 6.45) is 10.0. The molecule has 0 aromatic carbocycles. The molecule has 1 aromatic rings. The highest BCUT2D eigenvalue weighted by molar-refractivity contribution is 4.69. The molecule has 1 heterocycles. The lowest BCUT2D eigenvalue weighted by molar-refractivity contribution is -0.730. The largest absolute Gasteiger partial charge is 0.345 e. The summed E-state index contributed by atoms with van der Waals surface area (Å²) in [6.45, 7) is 1.61. The van der Waals surface area contributed by atoms with Crippen LogP contribution in [-0.2, 0) is 18.0 Å². The predicted octanol–water partition coefficient (Wildman–Crippen LogP) is 1.46. The van der Waals surface area contributed by atoms with Gasteiger partial charge < -0.3 is 4.74 Å². The first-order valence-corrected chi connectivity index (χ1v) is 5.27. The second-order valence-electron chi connectivity index (χ2n) is 3.55. The number of hydrogen-bond donors (Lipinski definition) is 0. The normalized spacial score (nSPS) is 10.1. The van der Waals surface area contributed by atoms with Crippen molar-refractivity contribution in [1.82, 2.24) is 4.57 Å². The lowest BCUT2D eigenvalue weighted by Crippen LogP contribution is -2.31. The van der Waals surface area contributed by atoms with Gasteiger partial charge in [-0.25, -0.2) is 9.13 Å². The molecule has 0 unspecified atom stereocenters. The van der Waals surface area contributed by atoms with Crippen LogP contribution >= 0.6 is 0 Å². The van der Waals surface area contributed by atoms with Gasteiger partial charge in [0.2, 0.25) is 6.33 Å². The average molecular weight is 208 g/mol. The van der Waals surface area contributed by atoms with E-state index in [4.69, 9.17) is 10.00 Å². The van der Waals surface area contributed by atoms with E-state index in [1.807, 2.05) is 23.3 Å². The molecule has 1 aromatic heterocycles. The van der Waals surface area contributed by atoms with Crippen molar-refractivity contribution >= 4 is 0 Å². The summed E-state index contributed by atoms with van der Waals surface area (Å²) in [6, 6.07) is 2.16. The van der Waals surface area contributed by atoms with Crippen molar-refractivity contribution in [3.63, 3.8) is 0 Å². The van der Waals surface area contributed by atoms with Crippen LogP contribution in [0.25, 0.3) is 0 Å². The number of methoxy groups -OCH3 is 1. The van der Waals surface area contributed by atoms with Gasteiger partial charge in [-0.15, -0.1) is 0 Å². The van der Waals surface area contributed by atoms with Crippen molar-refractivity contribution in [1.29, 1.82) is 5.26 Å². The maximum atomic E-state index is 8.37. The summed E-state index contributed by atoms with van der Waals surface area (Å²) >= 11 is 0. The molecule has 82 valence electrons. The summed E-state index contributed by atoms with van der Waals surface area (Å²) in [5, 5.41) is 8.37. The molecule has 0 aliphatic carbocycles. The first-order chi connectivity index (χ1) is 7.36. The Kier molecular flexibility index (Phi) is 5.49. The van der Waals surface area contributed by atoms with E-state index >= 15 is 0 Å². The molecule has 0 fully saturated rings. The zero-order valence-electron chi connectivity index (χ0n) is 9.22. The van der Waals surface area contributed by atoms with Crippen molar-refractivity contribution in [2.24, 2.45) is 0 Å². The van der Waals surface area contributed by atoms with Gasteiger partial charge in [0.05, 0.1) is 12.6 Å². The molecule has 1 rings (SSSR count). The highest BCUT2D eigenvalue weighted by atomic mass is 16.5. The lowest BCUT2D eigenvalue weighted by Gasteiger charge is -1.95. The number of aromatic nitrogens is 2. The molecule has 4 heteroatoms. The summed E-state index contributed by atoms with van der Waals surface area (Å²) in [4.78, 5) is 0. The van der Waals surface area contributed by atoms with Gasteiger partial charge in [0.15, 0.2) is 6.73 Å². The number of ether oxygens (including phenoxy) is 1. The van der Waals surface area contributed by atoms with Gasteiger partial charge in [0, 0.05) is 13.5 Å². The van der Waals surface area contributed by atoms with Crippen molar-refractivity contribution in [2.45, 2.75) is 39.0 Å². The summed E-state index contributed by atoms with van der Waals surface area (Å²) in [5.74, 6) is 0. The van der Waals surface area contributed by atoms with Crippen LogP contribution in [0.5, 0.6) is 0 Å². The minimum absolute atomic E-state index is 0.599. The van der Waals surface area contributed by atoms with E-state index in [-0.39, 0.29) is 0 Å². The second kappa shape index (κ2) is 7.02. The molecule has 0 N–H and O–H groups in total. The van der Waals surface area contributed by atoms with Gasteiger partial charge in [-0.1, -0.05) is 0 Å². The Balaban J connectivity index is 2.17. The van der Waals surface area contributed by atoms with Crippen LogP contribution in [0, 0.1) is 11.3 Å². The van der Waals surface area contributed by atoms with E-state index in [0.717, 1.165) is 25.8 Å². The van der Waals surface area contributed by atoms with Crippen LogP contribution in [0.15, 0.2) is 18.7 Å². The Bertz CT molecular complexity index is 314. The first-order valence-electron chi connectivity index (χ1n) is 5.27. The van der Waals surface area contributed by atoms with Crippen LogP contribution in [0.3, 0.4) is 0 Å². The van der Waals surface area contributed by atoms with E-state index in [2.05, 4.69) is 10.6 Å². The van der Waals surface area contributed by atoms with E-state index in [1.54, 1.807) is 7.11 Å². The maximum Gasteiger partial charge on any atom is 0.245 e. The third-order valence-electron chi connectivity index (χ3n) is 2.23. The maximum absolute atomic E-state index is 8.37. The SMILES string of the molecule is COC[n+]1ccn(CCCCCC#N)c1. The highest BCUT2D eigenvalue weighted by Gasteiger charge is 2.01. The number of hydrogen-bond acceptors (Lipinski definition) is 2.